The van der Waals surface area contributed by atoms with Crippen LogP contribution in [-0.4, -0.2) is 20.7 Å². The lowest BCUT2D eigenvalue weighted by Gasteiger charge is -2.11. The molecule has 0 aliphatic rings. The number of aromatic hydroxyl groups is 1. The van der Waals surface area contributed by atoms with Crippen LogP contribution >= 0.6 is 0 Å². The molecule has 1 aromatic carbocycles. The van der Waals surface area contributed by atoms with Crippen molar-refractivity contribution in [1.82, 2.24) is 4.57 Å². The van der Waals surface area contributed by atoms with Crippen LogP contribution in [0.3, 0.4) is 0 Å². The van der Waals surface area contributed by atoms with E-state index in [0.717, 1.165) is 5.56 Å². The molecule has 0 amide bonds. The third kappa shape index (κ3) is 1.47. The van der Waals surface area contributed by atoms with Crippen LogP contribution in [0.25, 0.3) is 10.9 Å². The van der Waals surface area contributed by atoms with E-state index in [2.05, 4.69) is 0 Å². The van der Waals surface area contributed by atoms with Gasteiger partial charge in [-0.25, -0.2) is 4.79 Å². The second kappa shape index (κ2) is 3.62. The van der Waals surface area contributed by atoms with Gasteiger partial charge < -0.3 is 14.8 Å². The van der Waals surface area contributed by atoms with Crippen molar-refractivity contribution < 1.29 is 15.0 Å². The first kappa shape index (κ1) is 11.2. The maximum Gasteiger partial charge on any atom is 0.345 e. The predicted octanol–water partition coefficient (Wildman–Crippen LogP) is 1.25. The number of nitrogens with zero attached hydrogens (tertiary/aromatic N) is 1. The highest BCUT2D eigenvalue weighted by Crippen LogP contribution is 2.28. The zero-order valence-corrected chi connectivity index (χ0v) is 9.39. The quantitative estimate of drug-likeness (QED) is 0.776. The SMILES string of the molecule is Cc1cccc2c1c(O)c(C(=O)O)c(=O)n2C. The van der Waals surface area contributed by atoms with E-state index in [4.69, 9.17) is 5.11 Å². The molecule has 0 spiro atoms. The van der Waals surface area contributed by atoms with Gasteiger partial charge in [0.1, 0.15) is 5.75 Å². The number of hydrogen-bond donors (Lipinski definition) is 2. The maximum absolute atomic E-state index is 11.8. The van der Waals surface area contributed by atoms with Gasteiger partial charge in [-0.15, -0.1) is 0 Å². The average Bonchev–Trinajstić information content (AvgIpc) is 2.25. The molecule has 0 aliphatic carbocycles. The van der Waals surface area contributed by atoms with Gasteiger partial charge in [-0.2, -0.15) is 0 Å². The first-order chi connectivity index (χ1) is 7.95. The van der Waals surface area contributed by atoms with Crippen LogP contribution in [0.15, 0.2) is 23.0 Å². The molecule has 0 saturated heterocycles. The van der Waals surface area contributed by atoms with E-state index in [1.807, 2.05) is 0 Å². The van der Waals surface area contributed by atoms with Crippen LogP contribution in [0.2, 0.25) is 0 Å². The van der Waals surface area contributed by atoms with Crippen LogP contribution in [0, 0.1) is 6.92 Å². The van der Waals surface area contributed by atoms with Crippen molar-refractivity contribution in [2.24, 2.45) is 7.05 Å². The Hall–Kier alpha value is -2.30. The molecule has 1 heterocycles. The van der Waals surface area contributed by atoms with Crippen molar-refractivity contribution >= 4 is 16.9 Å². The van der Waals surface area contributed by atoms with Crippen molar-refractivity contribution in [3.8, 4) is 5.75 Å². The van der Waals surface area contributed by atoms with Crippen molar-refractivity contribution in [2.75, 3.05) is 0 Å². The minimum Gasteiger partial charge on any atom is -0.506 e. The van der Waals surface area contributed by atoms with E-state index in [0.29, 0.717) is 10.9 Å². The number of hydrogen-bond acceptors (Lipinski definition) is 3. The van der Waals surface area contributed by atoms with Crippen molar-refractivity contribution in [2.45, 2.75) is 6.92 Å². The highest BCUT2D eigenvalue weighted by Gasteiger charge is 2.20. The van der Waals surface area contributed by atoms with Gasteiger partial charge in [0.05, 0.1) is 5.52 Å². The highest BCUT2D eigenvalue weighted by atomic mass is 16.4. The summed E-state index contributed by atoms with van der Waals surface area (Å²) in [5.41, 5.74) is -0.0713. The van der Waals surface area contributed by atoms with Gasteiger partial charge in [-0.3, -0.25) is 4.79 Å². The molecule has 0 atom stereocenters. The van der Waals surface area contributed by atoms with Gasteiger partial charge in [-0.05, 0) is 18.6 Å². The molecule has 0 aliphatic heterocycles. The summed E-state index contributed by atoms with van der Waals surface area (Å²) in [6, 6.07) is 5.16. The molecule has 5 nitrogen and oxygen atoms in total. The molecule has 0 radical (unpaired) electrons. The lowest BCUT2D eigenvalue weighted by Crippen LogP contribution is -2.24. The van der Waals surface area contributed by atoms with Crippen molar-refractivity contribution in [3.63, 3.8) is 0 Å². The maximum atomic E-state index is 11.8. The van der Waals surface area contributed by atoms with Gasteiger partial charge in [0.2, 0.25) is 0 Å². The second-order valence-corrected chi connectivity index (χ2v) is 3.86. The van der Waals surface area contributed by atoms with E-state index in [9.17, 15) is 14.7 Å². The molecular formula is C12H11NO4. The van der Waals surface area contributed by atoms with Crippen LogP contribution < -0.4 is 5.56 Å². The van der Waals surface area contributed by atoms with E-state index < -0.39 is 22.8 Å². The number of aromatic carboxylic acids is 1. The Kier molecular flexibility index (Phi) is 2.38. The lowest BCUT2D eigenvalue weighted by atomic mass is 10.1. The van der Waals surface area contributed by atoms with Gasteiger partial charge in [0.15, 0.2) is 5.56 Å². The summed E-state index contributed by atoms with van der Waals surface area (Å²) in [6.45, 7) is 1.75. The van der Waals surface area contributed by atoms with Gasteiger partial charge in [0, 0.05) is 12.4 Å². The number of aromatic nitrogens is 1. The Balaban J connectivity index is 3.13. The molecule has 0 bridgehead atoms. The monoisotopic (exact) mass is 233 g/mol. The molecule has 5 heteroatoms. The molecule has 0 saturated carbocycles. The molecule has 1 aromatic heterocycles. The number of carbonyl (C=O) groups is 1. The fourth-order valence-electron chi connectivity index (χ4n) is 1.94. The smallest absolute Gasteiger partial charge is 0.345 e. The Morgan fingerprint density at radius 1 is 1.35 bits per heavy atom. The van der Waals surface area contributed by atoms with E-state index >= 15 is 0 Å². The summed E-state index contributed by atoms with van der Waals surface area (Å²) in [4.78, 5) is 22.8. The minimum absolute atomic E-state index is 0.395. The zero-order chi connectivity index (χ0) is 12.7. The molecule has 0 unspecified atom stereocenters. The summed E-state index contributed by atoms with van der Waals surface area (Å²) in [5.74, 6) is -1.89. The van der Waals surface area contributed by atoms with Crippen LogP contribution in [0.1, 0.15) is 15.9 Å². The summed E-state index contributed by atoms with van der Waals surface area (Å²) in [6.07, 6.45) is 0. The Morgan fingerprint density at radius 3 is 2.59 bits per heavy atom. The fourth-order valence-corrected chi connectivity index (χ4v) is 1.94. The molecule has 2 aromatic rings. The topological polar surface area (TPSA) is 79.5 Å². The molecule has 2 N–H and O–H groups in total. The van der Waals surface area contributed by atoms with E-state index in [1.54, 1.807) is 25.1 Å². The van der Waals surface area contributed by atoms with Gasteiger partial charge in [-0.1, -0.05) is 12.1 Å². The molecule has 2 rings (SSSR count). The summed E-state index contributed by atoms with van der Waals surface area (Å²) in [5, 5.41) is 19.3. The molecule has 17 heavy (non-hydrogen) atoms. The summed E-state index contributed by atoms with van der Waals surface area (Å²) in [7, 11) is 1.48. The number of fused-ring (bicyclic) bond motifs is 1. The number of rotatable bonds is 1. The number of aryl methyl sites for hydroxylation is 2. The Morgan fingerprint density at radius 2 is 2.00 bits per heavy atom. The summed E-state index contributed by atoms with van der Waals surface area (Å²) >= 11 is 0. The lowest BCUT2D eigenvalue weighted by molar-refractivity contribution is 0.0691. The third-order valence-electron chi connectivity index (χ3n) is 2.82. The van der Waals surface area contributed by atoms with E-state index in [1.165, 1.54) is 11.6 Å². The molecular weight excluding hydrogens is 222 g/mol. The van der Waals surface area contributed by atoms with Crippen LogP contribution in [0.4, 0.5) is 0 Å². The first-order valence-corrected chi connectivity index (χ1v) is 4.99. The van der Waals surface area contributed by atoms with Crippen LogP contribution in [-0.2, 0) is 7.05 Å². The van der Waals surface area contributed by atoms with Gasteiger partial charge >= 0.3 is 5.97 Å². The molecule has 88 valence electrons. The normalized spacial score (nSPS) is 10.7. The summed E-state index contributed by atoms with van der Waals surface area (Å²) < 4.78 is 1.23. The number of carboxylic acid groups (broad SMARTS) is 1. The van der Waals surface area contributed by atoms with Gasteiger partial charge in [0.25, 0.3) is 5.56 Å². The largest absolute Gasteiger partial charge is 0.506 e. The molecule has 0 fully saturated rings. The second-order valence-electron chi connectivity index (χ2n) is 3.86. The number of benzene rings is 1. The number of carboxylic acids is 1. The first-order valence-electron chi connectivity index (χ1n) is 4.99. The standard InChI is InChI=1S/C12H11NO4/c1-6-4-3-5-7-8(6)10(14)9(12(16)17)11(15)13(7)2/h3-5,14H,1-2H3,(H,16,17). The minimum atomic E-state index is -1.42. The third-order valence-corrected chi connectivity index (χ3v) is 2.82. The van der Waals surface area contributed by atoms with Crippen molar-refractivity contribution in [3.05, 3.63) is 39.7 Å². The van der Waals surface area contributed by atoms with Crippen LogP contribution in [0.5, 0.6) is 5.75 Å². The Labute approximate surface area is 96.5 Å². The number of pyridine rings is 1. The predicted molar refractivity (Wildman–Crippen MR) is 62.6 cm³/mol. The van der Waals surface area contributed by atoms with E-state index in [-0.39, 0.29) is 0 Å². The highest BCUT2D eigenvalue weighted by molar-refractivity contribution is 5.99. The Bertz CT molecular complexity index is 685. The fraction of sp³-hybridized carbons (Fsp3) is 0.167. The van der Waals surface area contributed by atoms with Crippen molar-refractivity contribution in [1.29, 1.82) is 0 Å². The zero-order valence-electron chi connectivity index (χ0n) is 9.39. The average molecular weight is 233 g/mol.